The van der Waals surface area contributed by atoms with E-state index in [1.807, 2.05) is 6.92 Å². The second kappa shape index (κ2) is 3.32. The quantitative estimate of drug-likeness (QED) is 0.747. The second-order valence-corrected chi connectivity index (χ2v) is 3.71. The lowest BCUT2D eigenvalue weighted by Gasteiger charge is -2.10. The van der Waals surface area contributed by atoms with Crippen LogP contribution in [0.15, 0.2) is 10.6 Å². The third-order valence-electron chi connectivity index (χ3n) is 2.45. The first kappa shape index (κ1) is 9.05. The number of carbonyl (C=O) groups excluding carboxylic acids is 1. The predicted octanol–water partition coefficient (Wildman–Crippen LogP) is 0.785. The van der Waals surface area contributed by atoms with Crippen LogP contribution in [0.5, 0.6) is 0 Å². The summed E-state index contributed by atoms with van der Waals surface area (Å²) in [6.45, 7) is 2.00. The van der Waals surface area contributed by atoms with E-state index in [1.165, 1.54) is 18.9 Å². The lowest BCUT2D eigenvalue weighted by atomic mass is 10.2. The lowest BCUT2D eigenvalue weighted by Crippen LogP contribution is -2.34. The summed E-state index contributed by atoms with van der Waals surface area (Å²) in [4.78, 5) is 11.5. The molecule has 0 aromatic carbocycles. The highest BCUT2D eigenvalue weighted by atomic mass is 16.5. The van der Waals surface area contributed by atoms with Gasteiger partial charge in [0.2, 0.25) is 5.88 Å². The topological polar surface area (TPSA) is 81.2 Å². The maximum Gasteiger partial charge on any atom is 0.273 e. The molecule has 1 amide bonds. The number of carbonyl (C=O) groups is 1. The van der Waals surface area contributed by atoms with Crippen molar-refractivity contribution in [3.8, 4) is 0 Å². The zero-order chi connectivity index (χ0) is 10.1. The van der Waals surface area contributed by atoms with Crippen molar-refractivity contribution in [2.75, 3.05) is 5.73 Å². The van der Waals surface area contributed by atoms with E-state index in [-0.39, 0.29) is 23.5 Å². The molecule has 76 valence electrons. The maximum absolute atomic E-state index is 11.5. The number of amides is 1. The van der Waals surface area contributed by atoms with Gasteiger partial charge in [0, 0.05) is 12.1 Å². The summed E-state index contributed by atoms with van der Waals surface area (Å²) in [5, 5.41) is 6.39. The molecule has 1 aromatic heterocycles. The zero-order valence-corrected chi connectivity index (χ0v) is 7.99. The van der Waals surface area contributed by atoms with E-state index < -0.39 is 0 Å². The number of nitrogens with two attached hydrogens (primary N) is 1. The highest BCUT2D eigenvalue weighted by molar-refractivity contribution is 5.92. The largest absolute Gasteiger partial charge is 0.368 e. The van der Waals surface area contributed by atoms with Gasteiger partial charge in [-0.15, -0.1) is 0 Å². The summed E-state index contributed by atoms with van der Waals surface area (Å²) in [6, 6.07) is 1.63. The van der Waals surface area contributed by atoms with Gasteiger partial charge < -0.3 is 15.6 Å². The Bertz CT molecular complexity index is 344. The van der Waals surface area contributed by atoms with Gasteiger partial charge in [0.15, 0.2) is 5.69 Å². The number of rotatable bonds is 3. The SMILES string of the molecule is CC(NC(=O)c1cc(N)on1)C1CC1. The molecule has 1 aromatic rings. The van der Waals surface area contributed by atoms with Crippen molar-refractivity contribution in [3.63, 3.8) is 0 Å². The monoisotopic (exact) mass is 195 g/mol. The van der Waals surface area contributed by atoms with Crippen molar-refractivity contribution < 1.29 is 9.32 Å². The van der Waals surface area contributed by atoms with E-state index in [0.29, 0.717) is 5.92 Å². The van der Waals surface area contributed by atoms with Crippen molar-refractivity contribution in [1.29, 1.82) is 0 Å². The molecule has 0 saturated heterocycles. The Kier molecular flexibility index (Phi) is 2.15. The van der Waals surface area contributed by atoms with Crippen LogP contribution in [-0.2, 0) is 0 Å². The molecule has 1 atom stereocenters. The molecule has 1 fully saturated rings. The van der Waals surface area contributed by atoms with Crippen molar-refractivity contribution in [2.24, 2.45) is 5.92 Å². The van der Waals surface area contributed by atoms with Gasteiger partial charge in [-0.2, -0.15) is 0 Å². The summed E-state index contributed by atoms with van der Waals surface area (Å²) in [5.41, 5.74) is 5.56. The molecule has 1 unspecified atom stereocenters. The first-order valence-corrected chi connectivity index (χ1v) is 4.70. The zero-order valence-electron chi connectivity index (χ0n) is 7.99. The molecule has 3 N–H and O–H groups in total. The molecule has 0 bridgehead atoms. The molecule has 0 radical (unpaired) electrons. The van der Waals surface area contributed by atoms with Crippen LogP contribution < -0.4 is 11.1 Å². The van der Waals surface area contributed by atoms with E-state index >= 15 is 0 Å². The predicted molar refractivity (Wildman–Crippen MR) is 50.6 cm³/mol. The summed E-state index contributed by atoms with van der Waals surface area (Å²) in [6.07, 6.45) is 2.39. The number of hydrogen-bond donors (Lipinski definition) is 2. The molecule has 5 heteroatoms. The fourth-order valence-electron chi connectivity index (χ4n) is 1.39. The summed E-state index contributed by atoms with van der Waals surface area (Å²) < 4.78 is 4.61. The highest BCUT2D eigenvalue weighted by Gasteiger charge is 2.29. The molecule has 14 heavy (non-hydrogen) atoms. The number of hydrogen-bond acceptors (Lipinski definition) is 4. The van der Waals surface area contributed by atoms with Crippen LogP contribution in [-0.4, -0.2) is 17.1 Å². The fraction of sp³-hybridized carbons (Fsp3) is 0.556. The number of nitrogens with zero attached hydrogens (tertiary/aromatic N) is 1. The molecular weight excluding hydrogens is 182 g/mol. The molecular formula is C9H13N3O2. The van der Waals surface area contributed by atoms with Crippen LogP contribution in [0.1, 0.15) is 30.3 Å². The Morgan fingerprint density at radius 2 is 2.50 bits per heavy atom. The normalized spacial score (nSPS) is 17.8. The van der Waals surface area contributed by atoms with E-state index in [4.69, 9.17) is 5.73 Å². The summed E-state index contributed by atoms with van der Waals surface area (Å²) >= 11 is 0. The van der Waals surface area contributed by atoms with Gasteiger partial charge >= 0.3 is 0 Å². The molecule has 5 nitrogen and oxygen atoms in total. The van der Waals surface area contributed by atoms with Gasteiger partial charge in [-0.3, -0.25) is 4.79 Å². The van der Waals surface area contributed by atoms with Crippen LogP contribution >= 0.6 is 0 Å². The van der Waals surface area contributed by atoms with Crippen molar-refractivity contribution in [3.05, 3.63) is 11.8 Å². The standard InChI is InChI=1S/C9H13N3O2/c1-5(6-2-3-6)11-9(13)7-4-8(10)14-12-7/h4-6H,2-3,10H2,1H3,(H,11,13). The summed E-state index contributed by atoms with van der Waals surface area (Å²) in [5.74, 6) is 0.572. The van der Waals surface area contributed by atoms with Crippen LogP contribution in [0.4, 0.5) is 5.88 Å². The highest BCUT2D eigenvalue weighted by Crippen LogP contribution is 2.32. The minimum absolute atomic E-state index is 0.161. The minimum Gasteiger partial charge on any atom is -0.368 e. The Morgan fingerprint density at radius 1 is 1.79 bits per heavy atom. The molecule has 0 aliphatic heterocycles. The first-order chi connectivity index (χ1) is 6.66. The Labute approximate surface area is 81.6 Å². The Hall–Kier alpha value is -1.52. The first-order valence-electron chi connectivity index (χ1n) is 4.70. The van der Waals surface area contributed by atoms with Gasteiger partial charge in [-0.1, -0.05) is 5.16 Å². The van der Waals surface area contributed by atoms with Crippen LogP contribution in [0, 0.1) is 5.92 Å². The van der Waals surface area contributed by atoms with Crippen molar-refractivity contribution in [1.82, 2.24) is 10.5 Å². The van der Waals surface area contributed by atoms with Gasteiger partial charge in [0.1, 0.15) is 0 Å². The third-order valence-corrected chi connectivity index (χ3v) is 2.45. The number of nitrogens with one attached hydrogen (secondary N) is 1. The molecule has 1 aliphatic carbocycles. The van der Waals surface area contributed by atoms with E-state index in [0.717, 1.165) is 0 Å². The minimum atomic E-state index is -0.218. The molecule has 0 spiro atoms. The second-order valence-electron chi connectivity index (χ2n) is 3.71. The van der Waals surface area contributed by atoms with Crippen molar-refractivity contribution >= 4 is 11.8 Å². The van der Waals surface area contributed by atoms with E-state index in [9.17, 15) is 4.79 Å². The third kappa shape index (κ3) is 1.86. The average molecular weight is 195 g/mol. The van der Waals surface area contributed by atoms with E-state index in [2.05, 4.69) is 15.0 Å². The number of nitrogen functional groups attached to an aromatic ring is 1. The van der Waals surface area contributed by atoms with Crippen molar-refractivity contribution in [2.45, 2.75) is 25.8 Å². The van der Waals surface area contributed by atoms with Crippen LogP contribution in [0.25, 0.3) is 0 Å². The number of anilines is 1. The number of aromatic nitrogens is 1. The molecule has 1 saturated carbocycles. The molecule has 1 aliphatic rings. The molecule has 2 rings (SSSR count). The fourth-order valence-corrected chi connectivity index (χ4v) is 1.39. The van der Waals surface area contributed by atoms with Gasteiger partial charge in [0.05, 0.1) is 0 Å². The average Bonchev–Trinajstić information content (AvgIpc) is 2.89. The maximum atomic E-state index is 11.5. The molecule has 1 heterocycles. The van der Waals surface area contributed by atoms with Gasteiger partial charge in [0.25, 0.3) is 5.91 Å². The van der Waals surface area contributed by atoms with Crippen LogP contribution in [0.2, 0.25) is 0 Å². The van der Waals surface area contributed by atoms with Crippen LogP contribution in [0.3, 0.4) is 0 Å². The van der Waals surface area contributed by atoms with Gasteiger partial charge in [-0.25, -0.2) is 0 Å². The van der Waals surface area contributed by atoms with Gasteiger partial charge in [-0.05, 0) is 25.7 Å². The Balaban J connectivity index is 1.94. The Morgan fingerprint density at radius 3 is 3.00 bits per heavy atom. The van der Waals surface area contributed by atoms with E-state index in [1.54, 1.807) is 0 Å². The lowest BCUT2D eigenvalue weighted by molar-refractivity contribution is 0.0927. The summed E-state index contributed by atoms with van der Waals surface area (Å²) in [7, 11) is 0. The smallest absolute Gasteiger partial charge is 0.273 e.